The summed E-state index contributed by atoms with van der Waals surface area (Å²) >= 11 is 5.10. The number of hydrogen-bond acceptors (Lipinski definition) is 4. The molecular formula is C15H25N3OS. The maximum atomic E-state index is 5.78. The highest BCUT2D eigenvalue weighted by atomic mass is 32.1. The topological polar surface area (TPSA) is 60.2 Å². The smallest absolute Gasteiger partial charge is 0.107 e. The van der Waals surface area contributed by atoms with Gasteiger partial charge in [0, 0.05) is 36.8 Å². The van der Waals surface area contributed by atoms with E-state index in [1.54, 1.807) is 0 Å². The van der Waals surface area contributed by atoms with E-state index in [0.29, 0.717) is 10.9 Å². The molecule has 0 saturated carbocycles. The van der Waals surface area contributed by atoms with Crippen LogP contribution in [0.3, 0.4) is 0 Å². The van der Waals surface area contributed by atoms with Gasteiger partial charge < -0.3 is 15.8 Å². The van der Waals surface area contributed by atoms with Gasteiger partial charge in [-0.05, 0) is 32.3 Å². The fourth-order valence-corrected chi connectivity index (χ4v) is 2.25. The molecule has 0 aliphatic carbocycles. The molecule has 0 bridgehead atoms. The van der Waals surface area contributed by atoms with Crippen molar-refractivity contribution in [2.75, 3.05) is 25.1 Å². The summed E-state index contributed by atoms with van der Waals surface area (Å²) in [5, 5.41) is 3.38. The molecule has 0 amide bonds. The third kappa shape index (κ3) is 5.43. The number of pyridine rings is 1. The van der Waals surface area contributed by atoms with E-state index in [4.69, 9.17) is 22.7 Å². The maximum absolute atomic E-state index is 5.78. The lowest BCUT2D eigenvalue weighted by molar-refractivity contribution is 0.110. The number of thiocarbonyl (C=S) groups is 1. The summed E-state index contributed by atoms with van der Waals surface area (Å²) in [6.07, 6.45) is 0.948. The fraction of sp³-hybridized carbons (Fsp3) is 0.600. The van der Waals surface area contributed by atoms with E-state index in [1.165, 1.54) is 0 Å². The molecule has 0 unspecified atom stereocenters. The van der Waals surface area contributed by atoms with E-state index in [-0.39, 0.29) is 0 Å². The fourth-order valence-electron chi connectivity index (χ4n) is 2.00. The van der Waals surface area contributed by atoms with Crippen molar-refractivity contribution in [2.24, 2.45) is 11.7 Å². The normalized spacial score (nSPS) is 10.8. The SMILES string of the molecule is Cc1cc(NCCCOCC(C)C)c(C(N)=S)c(C)n1. The Morgan fingerprint density at radius 3 is 2.75 bits per heavy atom. The highest BCUT2D eigenvalue weighted by Crippen LogP contribution is 2.19. The summed E-state index contributed by atoms with van der Waals surface area (Å²) in [5.74, 6) is 0.578. The van der Waals surface area contributed by atoms with Gasteiger partial charge in [-0.2, -0.15) is 0 Å². The van der Waals surface area contributed by atoms with Crippen LogP contribution in [0.2, 0.25) is 0 Å². The first kappa shape index (κ1) is 16.9. The second-order valence-electron chi connectivity index (χ2n) is 5.38. The highest BCUT2D eigenvalue weighted by molar-refractivity contribution is 7.80. The summed E-state index contributed by atoms with van der Waals surface area (Å²) in [4.78, 5) is 4.78. The third-order valence-corrected chi connectivity index (χ3v) is 3.01. The van der Waals surface area contributed by atoms with Crippen LogP contribution in [0.4, 0.5) is 5.69 Å². The van der Waals surface area contributed by atoms with Crippen LogP contribution in [0.25, 0.3) is 0 Å². The monoisotopic (exact) mass is 295 g/mol. The molecule has 0 aliphatic rings. The summed E-state index contributed by atoms with van der Waals surface area (Å²) in [5.41, 5.74) is 9.41. The van der Waals surface area contributed by atoms with Crippen molar-refractivity contribution >= 4 is 22.9 Å². The minimum atomic E-state index is 0.383. The van der Waals surface area contributed by atoms with Gasteiger partial charge in [-0.15, -0.1) is 0 Å². The number of ether oxygens (including phenoxy) is 1. The Bertz CT molecular complexity index is 461. The van der Waals surface area contributed by atoms with Crippen LogP contribution in [0, 0.1) is 19.8 Å². The lowest BCUT2D eigenvalue weighted by Gasteiger charge is -2.14. The zero-order valence-corrected chi connectivity index (χ0v) is 13.6. The molecule has 5 heteroatoms. The second-order valence-corrected chi connectivity index (χ2v) is 5.82. The summed E-state index contributed by atoms with van der Waals surface area (Å²) in [7, 11) is 0. The molecule has 0 aromatic carbocycles. The average Bonchev–Trinajstić information content (AvgIpc) is 2.31. The lowest BCUT2D eigenvalue weighted by atomic mass is 10.1. The van der Waals surface area contributed by atoms with Crippen LogP contribution < -0.4 is 11.1 Å². The van der Waals surface area contributed by atoms with Gasteiger partial charge in [-0.25, -0.2) is 0 Å². The quantitative estimate of drug-likeness (QED) is 0.570. The zero-order valence-electron chi connectivity index (χ0n) is 12.8. The predicted molar refractivity (Wildman–Crippen MR) is 88.4 cm³/mol. The van der Waals surface area contributed by atoms with Crippen molar-refractivity contribution in [2.45, 2.75) is 34.1 Å². The Labute approximate surface area is 127 Å². The Hall–Kier alpha value is -1.20. The molecule has 1 heterocycles. The molecular weight excluding hydrogens is 270 g/mol. The molecule has 0 atom stereocenters. The van der Waals surface area contributed by atoms with Crippen molar-refractivity contribution < 1.29 is 4.74 Å². The standard InChI is InChI=1S/C15H25N3OS/c1-10(2)9-19-7-5-6-17-13-8-11(3)18-12(4)14(13)15(16)20/h8,10H,5-7,9H2,1-4H3,(H2,16,20)(H,17,18). The van der Waals surface area contributed by atoms with Crippen molar-refractivity contribution in [1.82, 2.24) is 4.98 Å². The average molecular weight is 295 g/mol. The van der Waals surface area contributed by atoms with Crippen LogP contribution in [-0.4, -0.2) is 29.7 Å². The summed E-state index contributed by atoms with van der Waals surface area (Å²) in [6.45, 7) is 10.6. The van der Waals surface area contributed by atoms with Crippen LogP contribution in [0.5, 0.6) is 0 Å². The molecule has 1 aromatic heterocycles. The molecule has 1 aromatic rings. The zero-order chi connectivity index (χ0) is 15.1. The molecule has 0 radical (unpaired) electrons. The lowest BCUT2D eigenvalue weighted by Crippen LogP contribution is -2.17. The molecule has 4 nitrogen and oxygen atoms in total. The van der Waals surface area contributed by atoms with E-state index >= 15 is 0 Å². The van der Waals surface area contributed by atoms with Gasteiger partial charge >= 0.3 is 0 Å². The van der Waals surface area contributed by atoms with Crippen molar-refractivity contribution in [3.8, 4) is 0 Å². The Morgan fingerprint density at radius 2 is 2.15 bits per heavy atom. The van der Waals surface area contributed by atoms with Gasteiger partial charge in [0.25, 0.3) is 0 Å². The summed E-state index contributed by atoms with van der Waals surface area (Å²) in [6, 6.07) is 1.98. The molecule has 20 heavy (non-hydrogen) atoms. The van der Waals surface area contributed by atoms with Gasteiger partial charge in [0.2, 0.25) is 0 Å². The summed E-state index contributed by atoms with van der Waals surface area (Å²) < 4.78 is 5.56. The van der Waals surface area contributed by atoms with Crippen molar-refractivity contribution in [1.29, 1.82) is 0 Å². The minimum absolute atomic E-state index is 0.383. The Kier molecular flexibility index (Phi) is 6.88. The number of aromatic nitrogens is 1. The number of nitrogens with one attached hydrogen (secondary N) is 1. The third-order valence-electron chi connectivity index (χ3n) is 2.81. The Balaban J connectivity index is 2.53. The van der Waals surface area contributed by atoms with E-state index < -0.39 is 0 Å². The number of rotatable bonds is 8. The number of nitrogens with two attached hydrogens (primary N) is 1. The molecule has 3 N–H and O–H groups in total. The number of aryl methyl sites for hydroxylation is 2. The number of hydrogen-bond donors (Lipinski definition) is 2. The first-order chi connectivity index (χ1) is 9.41. The van der Waals surface area contributed by atoms with Crippen LogP contribution in [0.15, 0.2) is 6.07 Å². The van der Waals surface area contributed by atoms with Crippen LogP contribution in [0.1, 0.15) is 37.2 Å². The molecule has 0 aliphatic heterocycles. The van der Waals surface area contributed by atoms with Gasteiger partial charge in [0.1, 0.15) is 4.99 Å². The van der Waals surface area contributed by atoms with Gasteiger partial charge in [0.05, 0.1) is 5.56 Å². The van der Waals surface area contributed by atoms with Gasteiger partial charge in [0.15, 0.2) is 0 Å². The highest BCUT2D eigenvalue weighted by Gasteiger charge is 2.10. The number of anilines is 1. The van der Waals surface area contributed by atoms with E-state index in [0.717, 1.165) is 48.8 Å². The van der Waals surface area contributed by atoms with E-state index in [9.17, 15) is 0 Å². The van der Waals surface area contributed by atoms with Gasteiger partial charge in [-0.3, -0.25) is 4.98 Å². The molecule has 0 fully saturated rings. The first-order valence-corrected chi connectivity index (χ1v) is 7.42. The maximum Gasteiger partial charge on any atom is 0.107 e. The largest absolute Gasteiger partial charge is 0.389 e. The molecule has 112 valence electrons. The first-order valence-electron chi connectivity index (χ1n) is 7.01. The Morgan fingerprint density at radius 1 is 1.45 bits per heavy atom. The van der Waals surface area contributed by atoms with Crippen LogP contribution in [-0.2, 0) is 4.74 Å². The van der Waals surface area contributed by atoms with Crippen molar-refractivity contribution in [3.63, 3.8) is 0 Å². The van der Waals surface area contributed by atoms with Crippen LogP contribution >= 0.6 is 12.2 Å². The molecule has 0 saturated heterocycles. The molecule has 1 rings (SSSR count). The minimum Gasteiger partial charge on any atom is -0.389 e. The molecule has 0 spiro atoms. The van der Waals surface area contributed by atoms with Gasteiger partial charge in [-0.1, -0.05) is 26.1 Å². The van der Waals surface area contributed by atoms with Crippen molar-refractivity contribution in [3.05, 3.63) is 23.0 Å². The second kappa shape index (κ2) is 8.17. The number of nitrogens with zero attached hydrogens (tertiary/aromatic N) is 1. The van der Waals surface area contributed by atoms with E-state index in [1.807, 2.05) is 19.9 Å². The predicted octanol–water partition coefficient (Wildman–Crippen LogP) is 2.81. The van der Waals surface area contributed by atoms with E-state index in [2.05, 4.69) is 24.1 Å².